The third kappa shape index (κ3) is 2.05. The van der Waals surface area contributed by atoms with E-state index in [0.29, 0.717) is 6.54 Å². The van der Waals surface area contributed by atoms with E-state index in [2.05, 4.69) is 11.1 Å². The predicted molar refractivity (Wildman–Crippen MR) is 83.8 cm³/mol. The SMILES string of the molecule is COC(=O)[C@H]1[C@@H](C(=O)OC)ON2CCc3c([nH]c4ccccc34)[C@H]12. The second-order valence-corrected chi connectivity index (χ2v) is 6.00. The molecule has 1 aromatic carbocycles. The first-order chi connectivity index (χ1) is 11.7. The van der Waals surface area contributed by atoms with Crippen LogP contribution in [0.5, 0.6) is 0 Å². The van der Waals surface area contributed by atoms with Crippen molar-refractivity contribution >= 4 is 22.8 Å². The smallest absolute Gasteiger partial charge is 0.338 e. The van der Waals surface area contributed by atoms with E-state index in [4.69, 9.17) is 14.3 Å². The van der Waals surface area contributed by atoms with Gasteiger partial charge in [-0.25, -0.2) is 4.79 Å². The number of rotatable bonds is 2. The number of hydrogen-bond donors (Lipinski definition) is 1. The highest BCUT2D eigenvalue weighted by atomic mass is 16.7. The Hall–Kier alpha value is -2.38. The molecule has 0 unspecified atom stereocenters. The normalized spacial score (nSPS) is 26.0. The summed E-state index contributed by atoms with van der Waals surface area (Å²) in [5.74, 6) is -1.82. The summed E-state index contributed by atoms with van der Waals surface area (Å²) in [4.78, 5) is 33.6. The molecule has 2 aliphatic heterocycles. The fraction of sp³-hybridized carbons (Fsp3) is 0.412. The molecule has 7 heteroatoms. The van der Waals surface area contributed by atoms with Gasteiger partial charge in [-0.2, -0.15) is 5.06 Å². The van der Waals surface area contributed by atoms with Crippen LogP contribution in [0.15, 0.2) is 24.3 Å². The van der Waals surface area contributed by atoms with Crippen molar-refractivity contribution < 1.29 is 23.9 Å². The van der Waals surface area contributed by atoms with Crippen LogP contribution in [0.2, 0.25) is 0 Å². The fourth-order valence-corrected chi connectivity index (χ4v) is 3.80. The Morgan fingerprint density at radius 2 is 1.96 bits per heavy atom. The van der Waals surface area contributed by atoms with Crippen LogP contribution in [0.3, 0.4) is 0 Å². The Balaban J connectivity index is 1.84. The highest BCUT2D eigenvalue weighted by Crippen LogP contribution is 2.45. The van der Waals surface area contributed by atoms with Crippen LogP contribution in [0, 0.1) is 5.92 Å². The average molecular weight is 330 g/mol. The average Bonchev–Trinajstić information content (AvgIpc) is 3.18. The van der Waals surface area contributed by atoms with Crippen LogP contribution in [0.4, 0.5) is 0 Å². The molecule has 2 aromatic rings. The molecule has 3 heterocycles. The Kier molecular flexibility index (Phi) is 3.54. The third-order valence-electron chi connectivity index (χ3n) is 4.86. The van der Waals surface area contributed by atoms with E-state index < -0.39 is 30.0 Å². The molecule has 0 aliphatic carbocycles. The number of aromatic nitrogens is 1. The van der Waals surface area contributed by atoms with Gasteiger partial charge >= 0.3 is 11.9 Å². The summed E-state index contributed by atoms with van der Waals surface area (Å²) in [6.07, 6.45) is -0.220. The van der Waals surface area contributed by atoms with Crippen LogP contribution in [-0.4, -0.2) is 48.9 Å². The number of ether oxygens (including phenoxy) is 2. The van der Waals surface area contributed by atoms with Gasteiger partial charge < -0.3 is 14.5 Å². The number of hydrogen-bond acceptors (Lipinski definition) is 6. The van der Waals surface area contributed by atoms with E-state index in [9.17, 15) is 9.59 Å². The molecule has 0 bridgehead atoms. The van der Waals surface area contributed by atoms with Crippen molar-refractivity contribution in [3.05, 3.63) is 35.5 Å². The molecular formula is C17H18N2O5. The molecule has 2 aliphatic rings. The molecule has 1 saturated heterocycles. The lowest BCUT2D eigenvalue weighted by molar-refractivity contribution is -0.190. The number of esters is 2. The summed E-state index contributed by atoms with van der Waals surface area (Å²) in [5.41, 5.74) is 3.08. The maximum atomic E-state index is 12.4. The first-order valence-corrected chi connectivity index (χ1v) is 7.84. The van der Waals surface area contributed by atoms with E-state index in [-0.39, 0.29) is 0 Å². The molecule has 1 aromatic heterocycles. The van der Waals surface area contributed by atoms with Crippen LogP contribution < -0.4 is 0 Å². The molecule has 0 amide bonds. The first kappa shape index (κ1) is 15.2. The quantitative estimate of drug-likeness (QED) is 0.837. The van der Waals surface area contributed by atoms with Crippen LogP contribution in [-0.2, 0) is 30.3 Å². The number of methoxy groups -OCH3 is 2. The number of hydroxylamine groups is 2. The molecule has 0 radical (unpaired) electrons. The molecule has 1 fully saturated rings. The van der Waals surface area contributed by atoms with Gasteiger partial charge in [0, 0.05) is 23.1 Å². The number of para-hydroxylation sites is 1. The maximum Gasteiger partial charge on any atom is 0.338 e. The van der Waals surface area contributed by atoms with Gasteiger partial charge in [-0.05, 0) is 18.1 Å². The van der Waals surface area contributed by atoms with E-state index in [0.717, 1.165) is 28.6 Å². The maximum absolute atomic E-state index is 12.4. The molecule has 126 valence electrons. The van der Waals surface area contributed by atoms with Gasteiger partial charge in [-0.3, -0.25) is 9.63 Å². The molecule has 3 atom stereocenters. The highest BCUT2D eigenvalue weighted by molar-refractivity contribution is 5.88. The third-order valence-corrected chi connectivity index (χ3v) is 4.86. The van der Waals surface area contributed by atoms with E-state index in [1.165, 1.54) is 14.2 Å². The van der Waals surface area contributed by atoms with Crippen molar-refractivity contribution in [3.8, 4) is 0 Å². The number of nitrogens with one attached hydrogen (secondary N) is 1. The Morgan fingerprint density at radius 3 is 2.71 bits per heavy atom. The molecule has 1 N–H and O–H groups in total. The zero-order valence-electron chi connectivity index (χ0n) is 13.4. The van der Waals surface area contributed by atoms with Crippen molar-refractivity contribution in [2.75, 3.05) is 20.8 Å². The van der Waals surface area contributed by atoms with Crippen molar-refractivity contribution in [1.29, 1.82) is 0 Å². The summed E-state index contributed by atoms with van der Waals surface area (Å²) < 4.78 is 9.73. The van der Waals surface area contributed by atoms with Gasteiger partial charge in [0.25, 0.3) is 0 Å². The molecular weight excluding hydrogens is 312 g/mol. The summed E-state index contributed by atoms with van der Waals surface area (Å²) >= 11 is 0. The molecule has 7 nitrogen and oxygen atoms in total. The van der Waals surface area contributed by atoms with Crippen molar-refractivity contribution in [2.45, 2.75) is 18.6 Å². The van der Waals surface area contributed by atoms with Gasteiger partial charge in [-0.1, -0.05) is 18.2 Å². The Labute approximate surface area is 138 Å². The molecule has 0 saturated carbocycles. The first-order valence-electron chi connectivity index (χ1n) is 7.84. The topological polar surface area (TPSA) is 80.9 Å². The number of nitrogens with zero attached hydrogens (tertiary/aromatic N) is 1. The number of carbonyl (C=O) groups is 2. The van der Waals surface area contributed by atoms with Gasteiger partial charge in [0.15, 0.2) is 6.10 Å². The van der Waals surface area contributed by atoms with Crippen molar-refractivity contribution in [1.82, 2.24) is 10.0 Å². The second-order valence-electron chi connectivity index (χ2n) is 6.00. The minimum absolute atomic E-state index is 0.391. The van der Waals surface area contributed by atoms with Gasteiger partial charge in [0.2, 0.25) is 0 Å². The molecule has 24 heavy (non-hydrogen) atoms. The largest absolute Gasteiger partial charge is 0.469 e. The van der Waals surface area contributed by atoms with Gasteiger partial charge in [0.05, 0.1) is 20.3 Å². The lowest BCUT2D eigenvalue weighted by Gasteiger charge is -2.29. The Bertz CT molecular complexity index is 814. The zero-order valence-corrected chi connectivity index (χ0v) is 13.4. The summed E-state index contributed by atoms with van der Waals surface area (Å²) in [7, 11) is 2.60. The lowest BCUT2D eigenvalue weighted by atomic mass is 9.87. The summed E-state index contributed by atoms with van der Waals surface area (Å²) in [6, 6.07) is 7.61. The summed E-state index contributed by atoms with van der Waals surface area (Å²) in [5, 5.41) is 2.83. The van der Waals surface area contributed by atoms with E-state index >= 15 is 0 Å². The van der Waals surface area contributed by atoms with Gasteiger partial charge in [0.1, 0.15) is 5.92 Å². The minimum Gasteiger partial charge on any atom is -0.469 e. The van der Waals surface area contributed by atoms with Gasteiger partial charge in [-0.15, -0.1) is 0 Å². The summed E-state index contributed by atoms with van der Waals surface area (Å²) in [6.45, 7) is 0.598. The molecule has 4 rings (SSSR count). The fourth-order valence-electron chi connectivity index (χ4n) is 3.80. The number of fused-ring (bicyclic) bond motifs is 5. The lowest BCUT2D eigenvalue weighted by Crippen LogP contribution is -2.37. The second kappa shape index (κ2) is 5.61. The monoisotopic (exact) mass is 330 g/mol. The molecule has 0 spiro atoms. The van der Waals surface area contributed by atoms with Crippen LogP contribution in [0.1, 0.15) is 17.3 Å². The number of carbonyl (C=O) groups excluding carboxylic acids is 2. The predicted octanol–water partition coefficient (Wildman–Crippen LogP) is 1.34. The standard InChI is InChI=1S/C17H18N2O5/c1-22-16(20)12-14-13-10(9-5-3-4-6-11(9)18-13)7-8-19(14)24-15(12)17(21)23-2/h3-6,12,14-15,18H,7-8H2,1-2H3/t12-,14+,15+/m1/s1. The van der Waals surface area contributed by atoms with E-state index in [1.54, 1.807) is 5.06 Å². The Morgan fingerprint density at radius 1 is 1.21 bits per heavy atom. The van der Waals surface area contributed by atoms with Crippen molar-refractivity contribution in [2.24, 2.45) is 5.92 Å². The van der Waals surface area contributed by atoms with E-state index in [1.807, 2.05) is 18.2 Å². The zero-order chi connectivity index (χ0) is 16.8. The number of aromatic amines is 1. The number of H-pyrrole nitrogens is 1. The van der Waals surface area contributed by atoms with Crippen LogP contribution >= 0.6 is 0 Å². The highest BCUT2D eigenvalue weighted by Gasteiger charge is 2.55. The number of benzene rings is 1. The van der Waals surface area contributed by atoms with Crippen LogP contribution in [0.25, 0.3) is 10.9 Å². The minimum atomic E-state index is -0.996. The van der Waals surface area contributed by atoms with Crippen molar-refractivity contribution in [3.63, 3.8) is 0 Å².